The first kappa shape index (κ1) is 43.3. The molecule has 4 aromatic carbocycles. The summed E-state index contributed by atoms with van der Waals surface area (Å²) < 4.78 is 39.2. The van der Waals surface area contributed by atoms with Gasteiger partial charge in [-0.15, -0.1) is 0 Å². The minimum atomic E-state index is -1.35. The Labute approximate surface area is 340 Å². The van der Waals surface area contributed by atoms with Gasteiger partial charge in [0.25, 0.3) is 11.8 Å². The van der Waals surface area contributed by atoms with Crippen LogP contribution in [0.1, 0.15) is 38.5 Å². The molecule has 4 aromatic rings. The van der Waals surface area contributed by atoms with Gasteiger partial charge in [0.05, 0.1) is 37.5 Å². The van der Waals surface area contributed by atoms with Gasteiger partial charge in [0, 0.05) is 11.1 Å². The van der Waals surface area contributed by atoms with E-state index in [1.807, 2.05) is 12.1 Å². The number of benzene rings is 4. The first-order chi connectivity index (χ1) is 25.0. The molecule has 0 aliphatic heterocycles. The van der Waals surface area contributed by atoms with Crippen LogP contribution in [0.5, 0.6) is 11.5 Å². The van der Waals surface area contributed by atoms with Crippen molar-refractivity contribution in [3.63, 3.8) is 0 Å². The van der Waals surface area contributed by atoms with Gasteiger partial charge in [0.1, 0.15) is 23.1 Å². The second kappa shape index (κ2) is 19.8. The van der Waals surface area contributed by atoms with Gasteiger partial charge in [-0.3, -0.25) is 9.59 Å². The van der Waals surface area contributed by atoms with Gasteiger partial charge in [-0.2, -0.15) is 0 Å². The fourth-order valence-electron chi connectivity index (χ4n) is 6.03. The fourth-order valence-corrected chi connectivity index (χ4v) is 6.03. The minimum Gasteiger partial charge on any atom is -0.545 e. The molecule has 2 aliphatic rings. The molecular weight excluding hydrogens is 731 g/mol. The van der Waals surface area contributed by atoms with E-state index in [9.17, 15) is 38.2 Å². The standard InChI is InChI=1S/2C20H18FNO4.Ca.H2O/c2*1-26-14-5-2-4-12(10-14)13-8-9-18(17(21)11-13)22-19(23)15-6-3-7-16(15)20(24)25;;/h2*2,4-5,8-11H,3,6-7H2,1H3,(H,22,23)(H,24,25);;1H2/q;;+2;/p-2. The van der Waals surface area contributed by atoms with Crippen LogP contribution in [0.4, 0.5) is 20.2 Å². The Hall–Kier alpha value is -5.08. The third-order valence-corrected chi connectivity index (χ3v) is 8.72. The number of carbonyl (C=O) groups is 4. The average Bonchev–Trinajstić information content (AvgIpc) is 3.85. The van der Waals surface area contributed by atoms with Crippen molar-refractivity contribution < 1.29 is 53.1 Å². The molecule has 14 heteroatoms. The monoisotopic (exact) mass is 766 g/mol. The van der Waals surface area contributed by atoms with Gasteiger partial charge in [0.2, 0.25) is 0 Å². The molecule has 0 radical (unpaired) electrons. The Balaban J connectivity index is 0.000000280. The molecule has 0 bridgehead atoms. The second-order valence-electron chi connectivity index (χ2n) is 12.0. The summed E-state index contributed by atoms with van der Waals surface area (Å²) in [4.78, 5) is 46.7. The molecule has 2 amide bonds. The Morgan fingerprint density at radius 3 is 1.24 bits per heavy atom. The maximum absolute atomic E-state index is 14.4. The summed E-state index contributed by atoms with van der Waals surface area (Å²) in [6.45, 7) is 0. The smallest absolute Gasteiger partial charge is 0.545 e. The molecule has 11 nitrogen and oxygen atoms in total. The van der Waals surface area contributed by atoms with E-state index in [4.69, 9.17) is 9.47 Å². The van der Waals surface area contributed by atoms with E-state index < -0.39 is 35.4 Å². The molecule has 0 spiro atoms. The molecule has 0 unspecified atom stereocenters. The number of carbonyl (C=O) groups excluding carboxylic acids is 4. The van der Waals surface area contributed by atoms with Crippen LogP contribution in [0.25, 0.3) is 22.3 Å². The zero-order chi connectivity index (χ0) is 37.4. The van der Waals surface area contributed by atoms with E-state index in [1.165, 1.54) is 24.3 Å². The molecule has 0 fully saturated rings. The SMILES string of the molecule is COc1cccc(-c2ccc(NC(=O)C3=C(C(=O)[O-])CCC3)c(F)c2)c1.COc1cccc(-c2ccc(NC(=O)C3=C(C(=O)[O-])CCC3)c(F)c2)c1.O.[Ca+2]. The van der Waals surface area contributed by atoms with Crippen molar-refractivity contribution in [3.05, 3.63) is 119 Å². The predicted molar refractivity (Wildman–Crippen MR) is 195 cm³/mol. The number of amides is 2. The number of carboxylic acids is 2. The van der Waals surface area contributed by atoms with Crippen molar-refractivity contribution >= 4 is 72.9 Å². The number of nitrogens with one attached hydrogen (secondary N) is 2. The Kier molecular flexibility index (Phi) is 15.9. The third-order valence-electron chi connectivity index (χ3n) is 8.72. The molecule has 2 aliphatic carbocycles. The summed E-state index contributed by atoms with van der Waals surface area (Å²) in [6.07, 6.45) is 2.43. The molecule has 4 N–H and O–H groups in total. The van der Waals surface area contributed by atoms with Crippen molar-refractivity contribution in [1.82, 2.24) is 0 Å². The zero-order valence-corrected chi connectivity index (χ0v) is 31.8. The number of halogens is 2. The summed E-state index contributed by atoms with van der Waals surface area (Å²) in [5, 5.41) is 27.0. The van der Waals surface area contributed by atoms with Gasteiger partial charge >= 0.3 is 37.7 Å². The van der Waals surface area contributed by atoms with E-state index >= 15 is 0 Å². The van der Waals surface area contributed by atoms with Gasteiger partial charge < -0.3 is 45.4 Å². The summed E-state index contributed by atoms with van der Waals surface area (Å²) >= 11 is 0. The number of carboxylic acid groups (broad SMARTS) is 2. The molecule has 0 aromatic heterocycles. The summed E-state index contributed by atoms with van der Waals surface area (Å²) in [6, 6.07) is 23.3. The number of ether oxygens (including phenoxy) is 2. The van der Waals surface area contributed by atoms with Crippen molar-refractivity contribution in [3.8, 4) is 33.8 Å². The molecule has 0 saturated heterocycles. The third kappa shape index (κ3) is 10.5. The minimum absolute atomic E-state index is 0. The number of hydrogen-bond donors (Lipinski definition) is 2. The van der Waals surface area contributed by atoms with Crippen LogP contribution in [-0.4, -0.2) is 81.2 Å². The first-order valence-electron chi connectivity index (χ1n) is 16.4. The Morgan fingerprint density at radius 1 is 0.556 bits per heavy atom. The fraction of sp³-hybridized carbons (Fsp3) is 0.200. The summed E-state index contributed by atoms with van der Waals surface area (Å²) in [5.74, 6) is -3.79. The van der Waals surface area contributed by atoms with Gasteiger partial charge in [0.15, 0.2) is 0 Å². The number of anilines is 2. The van der Waals surface area contributed by atoms with Crippen molar-refractivity contribution in [2.75, 3.05) is 24.9 Å². The van der Waals surface area contributed by atoms with Crippen molar-refractivity contribution in [2.45, 2.75) is 38.5 Å². The van der Waals surface area contributed by atoms with E-state index in [-0.39, 0.29) is 76.9 Å². The largest absolute Gasteiger partial charge is 2.00 e. The maximum atomic E-state index is 14.4. The van der Waals surface area contributed by atoms with Gasteiger partial charge in [-0.05, 0) is 120 Å². The molecule has 0 atom stereocenters. The predicted octanol–water partition coefficient (Wildman–Crippen LogP) is 4.13. The summed E-state index contributed by atoms with van der Waals surface area (Å²) in [7, 11) is 3.11. The van der Waals surface area contributed by atoms with Crippen molar-refractivity contribution in [2.24, 2.45) is 0 Å². The van der Waals surface area contributed by atoms with Crippen LogP contribution in [0.3, 0.4) is 0 Å². The van der Waals surface area contributed by atoms with E-state index in [0.29, 0.717) is 61.2 Å². The molecule has 54 heavy (non-hydrogen) atoms. The topological polar surface area (TPSA) is 188 Å². The Bertz CT molecular complexity index is 1970. The Morgan fingerprint density at radius 2 is 0.907 bits per heavy atom. The van der Waals surface area contributed by atoms with E-state index in [1.54, 1.807) is 62.8 Å². The van der Waals surface area contributed by atoms with E-state index in [2.05, 4.69) is 10.6 Å². The van der Waals surface area contributed by atoms with Crippen LogP contribution in [0, 0.1) is 11.6 Å². The molecule has 276 valence electrons. The van der Waals surface area contributed by atoms with Crippen LogP contribution in [0.2, 0.25) is 0 Å². The van der Waals surface area contributed by atoms with Crippen LogP contribution < -0.4 is 30.3 Å². The average molecular weight is 767 g/mol. The molecule has 0 heterocycles. The van der Waals surface area contributed by atoms with Crippen LogP contribution in [0.15, 0.2) is 107 Å². The normalized spacial score (nSPS) is 13.1. The van der Waals surface area contributed by atoms with Crippen molar-refractivity contribution in [1.29, 1.82) is 0 Å². The van der Waals surface area contributed by atoms with Gasteiger partial charge in [-0.1, -0.05) is 36.4 Å². The quantitative estimate of drug-likeness (QED) is 0.225. The van der Waals surface area contributed by atoms with Gasteiger partial charge in [-0.25, -0.2) is 8.78 Å². The number of rotatable bonds is 10. The number of aliphatic carboxylic acids is 2. The van der Waals surface area contributed by atoms with Crippen LogP contribution >= 0.6 is 0 Å². The molecular formula is C40H36CaF2N2O9. The second-order valence-corrected chi connectivity index (χ2v) is 12.0. The molecule has 6 rings (SSSR count). The number of hydrogen-bond acceptors (Lipinski definition) is 8. The van der Waals surface area contributed by atoms with E-state index in [0.717, 1.165) is 11.1 Å². The number of methoxy groups -OCH3 is 2. The molecule has 0 saturated carbocycles. The van der Waals surface area contributed by atoms with Crippen LogP contribution in [-0.2, 0) is 19.2 Å². The maximum Gasteiger partial charge on any atom is 2.00 e. The summed E-state index contributed by atoms with van der Waals surface area (Å²) in [5.41, 5.74) is 3.12. The first-order valence-corrected chi connectivity index (χ1v) is 16.4. The zero-order valence-electron chi connectivity index (χ0n) is 29.6.